The lowest BCUT2D eigenvalue weighted by Crippen LogP contribution is -2.57. The maximum Gasteiger partial charge on any atom is 0.350 e. The Morgan fingerprint density at radius 3 is 1.86 bits per heavy atom. The molecule has 7 nitrogen and oxygen atoms in total. The van der Waals surface area contributed by atoms with Crippen LogP contribution in [0.5, 0.6) is 11.5 Å². The number of fused-ring (bicyclic) bond motifs is 1. The van der Waals surface area contributed by atoms with Crippen LogP contribution in [0, 0.1) is 0 Å². The van der Waals surface area contributed by atoms with Gasteiger partial charge in [0, 0.05) is 42.0 Å². The van der Waals surface area contributed by atoms with Gasteiger partial charge in [0.15, 0.2) is 0 Å². The van der Waals surface area contributed by atoms with Crippen molar-refractivity contribution in [3.8, 4) is 11.5 Å². The maximum absolute atomic E-state index is 11.6. The number of aliphatic imine (C=N–C) groups is 2. The Hall–Kier alpha value is -3.35. The van der Waals surface area contributed by atoms with Crippen LogP contribution in [0.15, 0.2) is 34.3 Å². The van der Waals surface area contributed by atoms with Crippen LogP contribution in [0.2, 0.25) is 0 Å². The monoisotopic (exact) mass is 699 g/mol. The van der Waals surface area contributed by atoms with Crippen molar-refractivity contribution < 1.29 is 14.8 Å². The molecule has 2 aromatic rings. The molecular formula is C44H68N5O2+. The Bertz CT molecular complexity index is 1620. The first-order valence-corrected chi connectivity index (χ1v) is 19.8. The van der Waals surface area contributed by atoms with Crippen molar-refractivity contribution in [3.05, 3.63) is 57.6 Å². The highest BCUT2D eigenvalue weighted by Gasteiger charge is 2.34. The molecule has 0 spiro atoms. The number of unbranched alkanes of at least 4 members (excludes halogenated alkanes) is 1. The quantitative estimate of drug-likeness (QED) is 0.156. The topological polar surface area (TPSA) is 74.7 Å². The van der Waals surface area contributed by atoms with Gasteiger partial charge in [-0.15, -0.1) is 0 Å². The van der Waals surface area contributed by atoms with Crippen LogP contribution in [-0.2, 0) is 22.7 Å². The number of aryl methyl sites for hydroxylation is 1. The summed E-state index contributed by atoms with van der Waals surface area (Å²) in [6.07, 6.45) is 13.4. The van der Waals surface area contributed by atoms with Gasteiger partial charge in [0.05, 0.1) is 51.9 Å². The number of hydrogen-bond acceptors (Lipinski definition) is 6. The molecule has 2 N–H and O–H groups in total. The molecule has 51 heavy (non-hydrogen) atoms. The summed E-state index contributed by atoms with van der Waals surface area (Å²) in [7, 11) is 2.24. The molecule has 3 aliphatic rings. The maximum atomic E-state index is 11.6. The Morgan fingerprint density at radius 1 is 0.706 bits per heavy atom. The molecule has 1 saturated carbocycles. The van der Waals surface area contributed by atoms with Gasteiger partial charge in [-0.25, -0.2) is 0 Å². The molecule has 0 radical (unpaired) electrons. The third kappa shape index (κ3) is 9.56. The van der Waals surface area contributed by atoms with Gasteiger partial charge in [-0.1, -0.05) is 87.3 Å². The number of aromatic hydroxyl groups is 2. The number of guanidine groups is 1. The van der Waals surface area contributed by atoms with E-state index in [4.69, 9.17) is 9.98 Å². The minimum absolute atomic E-state index is 0.0324. The second kappa shape index (κ2) is 15.7. The Kier molecular flexibility index (Phi) is 12.0. The fourth-order valence-corrected chi connectivity index (χ4v) is 7.97. The molecule has 1 saturated heterocycles. The third-order valence-corrected chi connectivity index (χ3v) is 11.2. The van der Waals surface area contributed by atoms with E-state index < -0.39 is 0 Å². The molecule has 2 heterocycles. The van der Waals surface area contributed by atoms with Crippen molar-refractivity contribution in [2.45, 2.75) is 148 Å². The van der Waals surface area contributed by atoms with Gasteiger partial charge >= 0.3 is 5.96 Å². The molecule has 2 fully saturated rings. The smallest absolute Gasteiger partial charge is 0.350 e. The first kappa shape index (κ1) is 38.9. The Balaban J connectivity index is 1.33. The van der Waals surface area contributed by atoms with Gasteiger partial charge in [0.1, 0.15) is 11.5 Å². The summed E-state index contributed by atoms with van der Waals surface area (Å²) in [5.41, 5.74) is 5.71. The molecule has 0 bridgehead atoms. The number of hydrogen-bond donors (Lipinski definition) is 2. The standard InChI is InChI=1S/C44H67N5O2/c1-42(2,3)34-25-31(17-13-14-21-48-23-16-24-49-22-15-20-47(10)41(48)49)39(50)32(26-34)29-45-37-18-11-12-19-38(37)46-30-33-27-35(43(4,5)6)28-36(40(33)51)44(7,8)9/h25-30,37-38H,11-24H2,1-10H3,(H-,45,46,50,51)/p+1. The number of nitrogens with zero attached hydrogens (tertiary/aromatic N) is 5. The van der Waals surface area contributed by atoms with Gasteiger partial charge in [0.25, 0.3) is 0 Å². The first-order valence-electron chi connectivity index (χ1n) is 19.8. The zero-order valence-electron chi connectivity index (χ0n) is 33.6. The van der Waals surface area contributed by atoms with Crippen molar-refractivity contribution >= 4 is 18.4 Å². The van der Waals surface area contributed by atoms with Gasteiger partial charge in [0.2, 0.25) is 0 Å². The minimum Gasteiger partial charge on any atom is -0.507 e. The average molecular weight is 699 g/mol. The van der Waals surface area contributed by atoms with Crippen LogP contribution in [-0.4, -0.2) is 94.8 Å². The normalized spacial score (nSPS) is 20.9. The average Bonchev–Trinajstić information content (AvgIpc) is 3.05. The molecule has 2 aromatic carbocycles. The van der Waals surface area contributed by atoms with E-state index >= 15 is 0 Å². The summed E-state index contributed by atoms with van der Waals surface area (Å²) in [6.45, 7) is 25.5. The summed E-state index contributed by atoms with van der Waals surface area (Å²) in [4.78, 5) is 15.4. The second-order valence-electron chi connectivity index (χ2n) is 18.6. The van der Waals surface area contributed by atoms with E-state index in [1.807, 2.05) is 12.4 Å². The van der Waals surface area contributed by atoms with Crippen LogP contribution < -0.4 is 0 Å². The number of phenols is 2. The van der Waals surface area contributed by atoms with Crippen LogP contribution in [0.1, 0.15) is 147 Å². The van der Waals surface area contributed by atoms with Gasteiger partial charge in [-0.3, -0.25) is 24.4 Å². The molecule has 0 aromatic heterocycles. The van der Waals surface area contributed by atoms with Gasteiger partial charge < -0.3 is 10.2 Å². The van der Waals surface area contributed by atoms with E-state index in [-0.39, 0.29) is 28.3 Å². The SMILES string of the molecule is C[N+]1=C2N(CCCCc3cc(C(C)(C)C)cc(C=NC4CCCCC4N=Cc4cc(C(C)(C)C)cc(C(C)(C)C)c4O)c3O)CCCN2CCC1. The summed E-state index contributed by atoms with van der Waals surface area (Å²) >= 11 is 0. The molecule has 2 unspecified atom stereocenters. The summed E-state index contributed by atoms with van der Waals surface area (Å²) in [6, 6.07) is 8.67. The van der Waals surface area contributed by atoms with Crippen LogP contribution in [0.4, 0.5) is 0 Å². The van der Waals surface area contributed by atoms with Crippen LogP contribution in [0.25, 0.3) is 0 Å². The van der Waals surface area contributed by atoms with Crippen molar-refractivity contribution in [1.29, 1.82) is 0 Å². The Morgan fingerprint density at radius 2 is 1.27 bits per heavy atom. The first-order chi connectivity index (χ1) is 23.9. The number of benzene rings is 2. The summed E-state index contributed by atoms with van der Waals surface area (Å²) in [5, 5.41) is 23.0. The molecular weight excluding hydrogens is 631 g/mol. The number of rotatable bonds is 9. The third-order valence-electron chi connectivity index (χ3n) is 11.2. The van der Waals surface area contributed by atoms with Crippen molar-refractivity contribution in [2.75, 3.05) is 39.8 Å². The fraction of sp³-hybridized carbons (Fsp3) is 0.659. The molecule has 2 atom stereocenters. The molecule has 5 rings (SSSR count). The fourth-order valence-electron chi connectivity index (χ4n) is 7.97. The van der Waals surface area contributed by atoms with Crippen molar-refractivity contribution in [2.24, 2.45) is 9.98 Å². The lowest BCUT2D eigenvalue weighted by molar-refractivity contribution is -0.515. The molecule has 0 amide bonds. The van der Waals surface area contributed by atoms with E-state index in [1.165, 1.54) is 43.0 Å². The lowest BCUT2D eigenvalue weighted by Gasteiger charge is -2.36. The molecule has 1 aliphatic carbocycles. The highest BCUT2D eigenvalue weighted by atomic mass is 16.3. The van der Waals surface area contributed by atoms with Crippen LogP contribution in [0.3, 0.4) is 0 Å². The lowest BCUT2D eigenvalue weighted by atomic mass is 9.79. The highest BCUT2D eigenvalue weighted by Crippen LogP contribution is 2.38. The second-order valence-corrected chi connectivity index (χ2v) is 18.6. The van der Waals surface area contributed by atoms with E-state index in [0.29, 0.717) is 11.5 Å². The van der Waals surface area contributed by atoms with E-state index in [9.17, 15) is 10.2 Å². The Labute approximate surface area is 309 Å². The van der Waals surface area contributed by atoms with E-state index in [2.05, 4.69) is 108 Å². The van der Waals surface area contributed by atoms with Crippen LogP contribution >= 0.6 is 0 Å². The predicted octanol–water partition coefficient (Wildman–Crippen LogP) is 8.57. The summed E-state index contributed by atoms with van der Waals surface area (Å²) in [5.74, 6) is 2.11. The molecule has 2 aliphatic heterocycles. The van der Waals surface area contributed by atoms with Gasteiger partial charge in [-0.05, 0) is 77.2 Å². The molecule has 280 valence electrons. The van der Waals surface area contributed by atoms with Crippen molar-refractivity contribution in [1.82, 2.24) is 9.80 Å². The van der Waals surface area contributed by atoms with Crippen molar-refractivity contribution in [3.63, 3.8) is 0 Å². The zero-order chi connectivity index (χ0) is 37.1. The minimum atomic E-state index is -0.186. The highest BCUT2D eigenvalue weighted by molar-refractivity contribution is 5.86. The van der Waals surface area contributed by atoms with Gasteiger partial charge in [-0.2, -0.15) is 0 Å². The predicted molar refractivity (Wildman–Crippen MR) is 215 cm³/mol. The van der Waals surface area contributed by atoms with E-state index in [0.717, 1.165) is 86.8 Å². The number of phenolic OH excluding ortho intramolecular Hbond substituents is 2. The zero-order valence-corrected chi connectivity index (χ0v) is 33.6. The largest absolute Gasteiger partial charge is 0.507 e. The van der Waals surface area contributed by atoms with E-state index in [1.54, 1.807) is 0 Å². The molecule has 7 heteroatoms. The summed E-state index contributed by atoms with van der Waals surface area (Å²) < 4.78 is 2.44.